The van der Waals surface area contributed by atoms with Crippen LogP contribution in [0.15, 0.2) is 0 Å². The van der Waals surface area contributed by atoms with E-state index in [9.17, 15) is 9.59 Å². The van der Waals surface area contributed by atoms with Crippen molar-refractivity contribution in [3.05, 3.63) is 0 Å². The van der Waals surface area contributed by atoms with E-state index in [0.29, 0.717) is 19.6 Å². The van der Waals surface area contributed by atoms with Crippen LogP contribution >= 0.6 is 0 Å². The molecule has 0 spiro atoms. The second-order valence-corrected chi connectivity index (χ2v) is 3.63. The zero-order valence-electron chi connectivity index (χ0n) is 8.40. The minimum Gasteiger partial charge on any atom is -0.480 e. The largest absolute Gasteiger partial charge is 0.480 e. The van der Waals surface area contributed by atoms with Gasteiger partial charge in [0.05, 0.1) is 13.2 Å². The molecule has 0 aliphatic carbocycles. The highest BCUT2D eigenvalue weighted by molar-refractivity contribution is 5.83. The van der Waals surface area contributed by atoms with E-state index in [1.165, 1.54) is 18.9 Å². The first kappa shape index (κ1) is 11.0. The Labute approximate surface area is 82.6 Å². The van der Waals surface area contributed by atoms with Crippen LogP contribution in [0.5, 0.6) is 0 Å². The van der Waals surface area contributed by atoms with Crippen LogP contribution < -0.4 is 0 Å². The van der Waals surface area contributed by atoms with E-state index >= 15 is 0 Å². The Morgan fingerprint density at radius 2 is 2.14 bits per heavy atom. The molecular formula is C9H15NO4. The van der Waals surface area contributed by atoms with Gasteiger partial charge in [-0.3, -0.25) is 4.79 Å². The van der Waals surface area contributed by atoms with Crippen molar-refractivity contribution in [3.8, 4) is 0 Å². The molecule has 0 saturated carbocycles. The van der Waals surface area contributed by atoms with Gasteiger partial charge in [-0.15, -0.1) is 0 Å². The second kappa shape index (κ2) is 4.41. The van der Waals surface area contributed by atoms with Gasteiger partial charge in [-0.25, -0.2) is 4.79 Å². The lowest BCUT2D eigenvalue weighted by Crippen LogP contribution is -2.42. The van der Waals surface area contributed by atoms with Crippen molar-refractivity contribution in [2.75, 3.05) is 20.3 Å². The highest BCUT2D eigenvalue weighted by Crippen LogP contribution is 2.15. The van der Waals surface area contributed by atoms with E-state index in [0.717, 1.165) is 0 Å². The Balaban J connectivity index is 2.38. The topological polar surface area (TPSA) is 66.8 Å². The van der Waals surface area contributed by atoms with Crippen LogP contribution in [-0.4, -0.2) is 48.2 Å². The van der Waals surface area contributed by atoms with Crippen LogP contribution in [0.25, 0.3) is 0 Å². The van der Waals surface area contributed by atoms with Crippen molar-refractivity contribution < 1.29 is 19.4 Å². The van der Waals surface area contributed by atoms with Gasteiger partial charge in [-0.05, 0) is 6.92 Å². The van der Waals surface area contributed by atoms with Crippen molar-refractivity contribution in [2.45, 2.75) is 19.4 Å². The fourth-order valence-corrected chi connectivity index (χ4v) is 1.17. The van der Waals surface area contributed by atoms with Crippen molar-refractivity contribution in [1.29, 1.82) is 0 Å². The number of rotatable bonds is 4. The number of carboxylic acids is 1. The number of carboxylic acid groups (broad SMARTS) is 1. The van der Waals surface area contributed by atoms with Gasteiger partial charge in [-0.2, -0.15) is 0 Å². The molecule has 1 N–H and O–H groups in total. The summed E-state index contributed by atoms with van der Waals surface area (Å²) in [6, 6.07) is -0.761. The van der Waals surface area contributed by atoms with Crippen LogP contribution in [0, 0.1) is 5.92 Å². The number of nitrogens with zero attached hydrogens (tertiary/aromatic N) is 1. The number of aliphatic carboxylic acids is 1. The number of carbonyl (C=O) groups excluding carboxylic acids is 1. The molecule has 1 heterocycles. The molecule has 0 bridgehead atoms. The Bertz CT molecular complexity index is 237. The maximum Gasteiger partial charge on any atom is 0.326 e. The lowest BCUT2D eigenvalue weighted by Gasteiger charge is -2.28. The standard InChI is InChI=1S/C9H15NO4/c1-6(9(12)13)10(2)8(11)3-7-4-14-5-7/h6-7H,3-5H2,1-2H3,(H,12,13). The Morgan fingerprint density at radius 3 is 2.50 bits per heavy atom. The molecule has 1 amide bonds. The summed E-state index contributed by atoms with van der Waals surface area (Å²) in [5, 5.41) is 8.69. The average Bonchev–Trinajstić information content (AvgIpc) is 2.08. The number of hydrogen-bond acceptors (Lipinski definition) is 3. The number of carbonyl (C=O) groups is 2. The molecule has 1 rings (SSSR count). The fraction of sp³-hybridized carbons (Fsp3) is 0.778. The van der Waals surface area contributed by atoms with E-state index in [2.05, 4.69) is 0 Å². The van der Waals surface area contributed by atoms with Crippen molar-refractivity contribution in [2.24, 2.45) is 5.92 Å². The highest BCUT2D eigenvalue weighted by Gasteiger charge is 2.27. The van der Waals surface area contributed by atoms with Gasteiger partial charge in [0.2, 0.25) is 5.91 Å². The fourth-order valence-electron chi connectivity index (χ4n) is 1.17. The summed E-state index contributed by atoms with van der Waals surface area (Å²) in [5.74, 6) is -0.843. The molecule has 1 fully saturated rings. The number of ether oxygens (including phenoxy) is 1. The highest BCUT2D eigenvalue weighted by atomic mass is 16.5. The number of amides is 1. The molecule has 80 valence electrons. The molecule has 1 unspecified atom stereocenters. The lowest BCUT2D eigenvalue weighted by molar-refractivity contribution is -0.150. The van der Waals surface area contributed by atoms with E-state index in [1.54, 1.807) is 0 Å². The van der Waals surface area contributed by atoms with E-state index in [-0.39, 0.29) is 11.8 Å². The first-order valence-electron chi connectivity index (χ1n) is 4.58. The first-order valence-corrected chi connectivity index (χ1v) is 4.58. The van der Waals surface area contributed by atoms with Gasteiger partial charge in [0.1, 0.15) is 6.04 Å². The van der Waals surface area contributed by atoms with Crippen LogP contribution in [-0.2, 0) is 14.3 Å². The van der Waals surface area contributed by atoms with E-state index in [4.69, 9.17) is 9.84 Å². The number of hydrogen-bond donors (Lipinski definition) is 1. The maximum atomic E-state index is 11.5. The predicted molar refractivity (Wildman–Crippen MR) is 48.8 cm³/mol. The average molecular weight is 201 g/mol. The molecule has 0 aromatic rings. The number of likely N-dealkylation sites (N-methyl/N-ethyl adjacent to an activating group) is 1. The normalized spacial score (nSPS) is 18.4. The summed E-state index contributed by atoms with van der Waals surface area (Å²) in [6.45, 7) is 2.72. The predicted octanol–water partition coefficient (Wildman–Crippen LogP) is -0.0456. The quantitative estimate of drug-likeness (QED) is 0.692. The first-order chi connectivity index (χ1) is 6.52. The summed E-state index contributed by atoms with van der Waals surface area (Å²) in [5.41, 5.74) is 0. The van der Waals surface area contributed by atoms with Gasteiger partial charge in [0.15, 0.2) is 0 Å². The molecule has 5 nitrogen and oxygen atoms in total. The monoisotopic (exact) mass is 201 g/mol. The van der Waals surface area contributed by atoms with Gasteiger partial charge >= 0.3 is 5.97 Å². The van der Waals surface area contributed by atoms with Crippen LogP contribution in [0.1, 0.15) is 13.3 Å². The van der Waals surface area contributed by atoms with Crippen LogP contribution in [0.2, 0.25) is 0 Å². The second-order valence-electron chi connectivity index (χ2n) is 3.63. The van der Waals surface area contributed by atoms with Gasteiger partial charge < -0.3 is 14.7 Å². The maximum absolute atomic E-state index is 11.5. The van der Waals surface area contributed by atoms with Gasteiger partial charge in [-0.1, -0.05) is 0 Å². The van der Waals surface area contributed by atoms with Gasteiger partial charge in [0, 0.05) is 19.4 Å². The molecule has 1 saturated heterocycles. The molecule has 1 atom stereocenters. The smallest absolute Gasteiger partial charge is 0.326 e. The van der Waals surface area contributed by atoms with E-state index < -0.39 is 12.0 Å². The molecule has 14 heavy (non-hydrogen) atoms. The summed E-state index contributed by atoms with van der Waals surface area (Å²) in [4.78, 5) is 23.4. The van der Waals surface area contributed by atoms with Crippen molar-refractivity contribution >= 4 is 11.9 Å². The van der Waals surface area contributed by atoms with Gasteiger partial charge in [0.25, 0.3) is 0 Å². The Hall–Kier alpha value is -1.10. The third-order valence-corrected chi connectivity index (χ3v) is 2.50. The van der Waals surface area contributed by atoms with Crippen molar-refractivity contribution in [3.63, 3.8) is 0 Å². The molecule has 0 radical (unpaired) electrons. The molecular weight excluding hydrogens is 186 g/mol. The summed E-state index contributed by atoms with van der Waals surface area (Å²) in [6.07, 6.45) is 0.383. The SMILES string of the molecule is CC(C(=O)O)N(C)C(=O)CC1COC1. The summed E-state index contributed by atoms with van der Waals surface area (Å²) in [7, 11) is 1.51. The van der Waals surface area contributed by atoms with Crippen LogP contribution in [0.4, 0.5) is 0 Å². The Morgan fingerprint density at radius 1 is 1.57 bits per heavy atom. The zero-order chi connectivity index (χ0) is 10.7. The molecule has 0 aromatic heterocycles. The summed E-state index contributed by atoms with van der Waals surface area (Å²) >= 11 is 0. The minimum atomic E-state index is -0.981. The van der Waals surface area contributed by atoms with Crippen LogP contribution in [0.3, 0.4) is 0 Å². The van der Waals surface area contributed by atoms with E-state index in [1.807, 2.05) is 0 Å². The molecule has 5 heteroatoms. The minimum absolute atomic E-state index is 0.131. The third kappa shape index (κ3) is 2.45. The third-order valence-electron chi connectivity index (χ3n) is 2.50. The van der Waals surface area contributed by atoms with Crippen molar-refractivity contribution in [1.82, 2.24) is 4.90 Å². The summed E-state index contributed by atoms with van der Waals surface area (Å²) < 4.78 is 4.94. The lowest BCUT2D eigenvalue weighted by atomic mass is 10.0. The molecule has 0 aromatic carbocycles. The zero-order valence-corrected chi connectivity index (χ0v) is 8.40. The molecule has 1 aliphatic rings. The molecule has 1 aliphatic heterocycles. The Kier molecular flexibility index (Phi) is 3.46.